The highest BCUT2D eigenvalue weighted by atomic mass is 19.3. The number of amides is 1. The summed E-state index contributed by atoms with van der Waals surface area (Å²) in [6.07, 6.45) is 5.09. The summed E-state index contributed by atoms with van der Waals surface area (Å²) < 4.78 is 26.1. The fourth-order valence-electron chi connectivity index (χ4n) is 4.28. The highest BCUT2D eigenvalue weighted by Gasteiger charge is 2.53. The molecule has 0 radical (unpaired) electrons. The molecule has 3 aliphatic rings. The molecule has 1 aromatic rings. The summed E-state index contributed by atoms with van der Waals surface area (Å²) in [5, 5.41) is 0. The van der Waals surface area contributed by atoms with Crippen LogP contribution in [0.3, 0.4) is 0 Å². The highest BCUT2D eigenvalue weighted by Crippen LogP contribution is 2.45. The number of fused-ring (bicyclic) bond motifs is 2. The van der Waals surface area contributed by atoms with Gasteiger partial charge in [0.15, 0.2) is 0 Å². The minimum absolute atomic E-state index is 0.0375. The number of alkyl halides is 2. The number of likely N-dealkylation sites (tertiary alicyclic amines) is 1. The number of halogens is 2. The first-order chi connectivity index (χ1) is 11.0. The van der Waals surface area contributed by atoms with Gasteiger partial charge in [0.05, 0.1) is 0 Å². The molecule has 0 aromatic carbocycles. The van der Waals surface area contributed by atoms with E-state index in [1.807, 2.05) is 17.2 Å². The third-order valence-electron chi connectivity index (χ3n) is 5.38. The molecule has 6 heteroatoms. The van der Waals surface area contributed by atoms with Crippen molar-refractivity contribution in [3.05, 3.63) is 30.1 Å². The largest absolute Gasteiger partial charge is 0.334 e. The van der Waals surface area contributed by atoms with Crippen molar-refractivity contribution < 1.29 is 13.6 Å². The molecular formula is C17H21F2N3O. The lowest BCUT2D eigenvalue weighted by Gasteiger charge is -2.45. The summed E-state index contributed by atoms with van der Waals surface area (Å²) in [6.45, 7) is 2.50. The van der Waals surface area contributed by atoms with E-state index < -0.39 is 11.8 Å². The molecule has 1 aliphatic carbocycles. The fraction of sp³-hybridized carbons (Fsp3) is 0.647. The van der Waals surface area contributed by atoms with Crippen molar-refractivity contribution in [1.82, 2.24) is 14.8 Å². The fourth-order valence-corrected chi connectivity index (χ4v) is 4.28. The Labute approximate surface area is 134 Å². The quantitative estimate of drug-likeness (QED) is 0.857. The number of carbonyl (C=O) groups is 1. The molecule has 0 N–H and O–H groups in total. The maximum Gasteiger partial charge on any atom is 0.249 e. The number of pyridine rings is 1. The van der Waals surface area contributed by atoms with E-state index in [2.05, 4.69) is 16.0 Å². The monoisotopic (exact) mass is 321 g/mol. The van der Waals surface area contributed by atoms with Crippen molar-refractivity contribution >= 4 is 5.91 Å². The predicted octanol–water partition coefficient (Wildman–Crippen LogP) is 2.30. The Morgan fingerprint density at radius 2 is 1.96 bits per heavy atom. The minimum atomic E-state index is -2.62. The molecule has 3 heterocycles. The van der Waals surface area contributed by atoms with Crippen molar-refractivity contribution in [3.8, 4) is 0 Å². The first-order valence-corrected chi connectivity index (χ1v) is 8.33. The van der Waals surface area contributed by atoms with E-state index in [-0.39, 0.29) is 30.8 Å². The Morgan fingerprint density at radius 1 is 1.26 bits per heavy atom. The van der Waals surface area contributed by atoms with Gasteiger partial charge in [-0.15, -0.1) is 0 Å². The van der Waals surface area contributed by atoms with Crippen LogP contribution in [0.15, 0.2) is 24.5 Å². The van der Waals surface area contributed by atoms with Gasteiger partial charge in [-0.2, -0.15) is 0 Å². The zero-order chi connectivity index (χ0) is 16.0. The van der Waals surface area contributed by atoms with Crippen molar-refractivity contribution in [2.45, 2.75) is 50.2 Å². The van der Waals surface area contributed by atoms with Crippen LogP contribution in [-0.2, 0) is 11.3 Å². The van der Waals surface area contributed by atoms with Crippen LogP contribution in [0, 0.1) is 5.92 Å². The minimum Gasteiger partial charge on any atom is -0.334 e. The summed E-state index contributed by atoms with van der Waals surface area (Å²) in [5.41, 5.74) is 1.17. The molecule has 2 aliphatic heterocycles. The van der Waals surface area contributed by atoms with E-state index >= 15 is 0 Å². The molecule has 124 valence electrons. The maximum absolute atomic E-state index is 13.0. The van der Waals surface area contributed by atoms with Crippen LogP contribution in [0.2, 0.25) is 0 Å². The summed E-state index contributed by atoms with van der Waals surface area (Å²) in [7, 11) is 0. The number of nitrogens with zero attached hydrogens (tertiary/aromatic N) is 3. The van der Waals surface area contributed by atoms with Crippen LogP contribution in [0.25, 0.3) is 0 Å². The van der Waals surface area contributed by atoms with E-state index in [9.17, 15) is 13.6 Å². The molecule has 1 aromatic heterocycles. The summed E-state index contributed by atoms with van der Waals surface area (Å²) in [5.74, 6) is -3.12. The van der Waals surface area contributed by atoms with Gasteiger partial charge in [-0.05, 0) is 24.5 Å². The molecule has 2 bridgehead atoms. The number of hydrogen-bond acceptors (Lipinski definition) is 3. The second kappa shape index (κ2) is 5.51. The van der Waals surface area contributed by atoms with Crippen molar-refractivity contribution in [1.29, 1.82) is 0 Å². The Kier molecular flexibility index (Phi) is 3.59. The van der Waals surface area contributed by atoms with Gasteiger partial charge in [-0.25, -0.2) is 8.78 Å². The molecule has 23 heavy (non-hydrogen) atoms. The average molecular weight is 321 g/mol. The number of aromatic nitrogens is 1. The van der Waals surface area contributed by atoms with Gasteiger partial charge < -0.3 is 4.90 Å². The van der Waals surface area contributed by atoms with Gasteiger partial charge in [0.1, 0.15) is 0 Å². The standard InChI is InChI=1S/C17H21F2N3O/c18-17(19)6-13(7-17)16(23)22-14-3-4-15(22)11-21(10-14)9-12-2-1-5-20-8-12/h1-2,5,8,13-15H,3-4,6-7,9-11H2. The molecule has 1 saturated carbocycles. The molecule has 3 fully saturated rings. The van der Waals surface area contributed by atoms with Crippen molar-refractivity contribution in [2.24, 2.45) is 5.92 Å². The summed E-state index contributed by atoms with van der Waals surface area (Å²) in [6, 6.07) is 4.36. The van der Waals surface area contributed by atoms with E-state index in [0.29, 0.717) is 0 Å². The summed E-state index contributed by atoms with van der Waals surface area (Å²) >= 11 is 0. The lowest BCUT2D eigenvalue weighted by atomic mass is 9.80. The molecule has 2 atom stereocenters. The Morgan fingerprint density at radius 3 is 2.52 bits per heavy atom. The predicted molar refractivity (Wildman–Crippen MR) is 80.8 cm³/mol. The van der Waals surface area contributed by atoms with Crippen LogP contribution < -0.4 is 0 Å². The molecule has 4 nitrogen and oxygen atoms in total. The van der Waals surface area contributed by atoms with Crippen LogP contribution in [0.1, 0.15) is 31.2 Å². The summed E-state index contributed by atoms with van der Waals surface area (Å²) in [4.78, 5) is 21.0. The lowest BCUT2D eigenvalue weighted by molar-refractivity contribution is -0.164. The zero-order valence-corrected chi connectivity index (χ0v) is 13.0. The Balaban J connectivity index is 1.39. The van der Waals surface area contributed by atoms with Gasteiger partial charge in [0, 0.05) is 62.9 Å². The number of hydrogen-bond donors (Lipinski definition) is 0. The molecule has 2 saturated heterocycles. The third-order valence-corrected chi connectivity index (χ3v) is 5.38. The van der Waals surface area contributed by atoms with Gasteiger partial charge in [-0.3, -0.25) is 14.7 Å². The molecule has 0 spiro atoms. The number of piperazine rings is 1. The number of carbonyl (C=O) groups excluding carboxylic acids is 1. The average Bonchev–Trinajstić information content (AvgIpc) is 2.76. The Bertz CT molecular complexity index is 573. The van der Waals surface area contributed by atoms with Crippen LogP contribution >= 0.6 is 0 Å². The zero-order valence-electron chi connectivity index (χ0n) is 13.0. The van der Waals surface area contributed by atoms with Crippen LogP contribution in [-0.4, -0.2) is 51.8 Å². The van der Waals surface area contributed by atoms with Gasteiger partial charge in [0.2, 0.25) is 11.8 Å². The normalized spacial score (nSPS) is 30.3. The highest BCUT2D eigenvalue weighted by molar-refractivity contribution is 5.81. The van der Waals surface area contributed by atoms with Crippen LogP contribution in [0.5, 0.6) is 0 Å². The smallest absolute Gasteiger partial charge is 0.249 e. The van der Waals surface area contributed by atoms with Gasteiger partial charge in [-0.1, -0.05) is 6.07 Å². The molecule has 1 amide bonds. The van der Waals surface area contributed by atoms with Crippen LogP contribution in [0.4, 0.5) is 8.78 Å². The van der Waals surface area contributed by atoms with E-state index in [4.69, 9.17) is 0 Å². The molecule has 2 unspecified atom stereocenters. The number of rotatable bonds is 3. The Hall–Kier alpha value is -1.56. The third kappa shape index (κ3) is 2.84. The first kappa shape index (κ1) is 15.0. The van der Waals surface area contributed by atoms with Crippen molar-refractivity contribution in [3.63, 3.8) is 0 Å². The van der Waals surface area contributed by atoms with Gasteiger partial charge in [0.25, 0.3) is 0 Å². The van der Waals surface area contributed by atoms with E-state index in [1.165, 1.54) is 5.56 Å². The second-order valence-corrected chi connectivity index (χ2v) is 7.15. The topological polar surface area (TPSA) is 36.4 Å². The molecule has 4 rings (SSSR count). The first-order valence-electron chi connectivity index (χ1n) is 8.33. The maximum atomic E-state index is 13.0. The SMILES string of the molecule is O=C(C1CC(F)(F)C1)N1C2CCC1CN(Cc1cccnc1)C2. The molecular weight excluding hydrogens is 300 g/mol. The van der Waals surface area contributed by atoms with Crippen molar-refractivity contribution in [2.75, 3.05) is 13.1 Å². The van der Waals surface area contributed by atoms with E-state index in [1.54, 1.807) is 6.20 Å². The van der Waals surface area contributed by atoms with Gasteiger partial charge >= 0.3 is 0 Å². The lowest BCUT2D eigenvalue weighted by Crippen LogP contribution is -2.58. The second-order valence-electron chi connectivity index (χ2n) is 7.15. The van der Waals surface area contributed by atoms with E-state index in [0.717, 1.165) is 32.5 Å².